The van der Waals surface area contributed by atoms with Crippen molar-refractivity contribution < 1.29 is 13.2 Å². The van der Waals surface area contributed by atoms with Crippen LogP contribution in [-0.2, 0) is 10.0 Å². The predicted octanol–water partition coefficient (Wildman–Crippen LogP) is 3.41. The molecular weight excluding hydrogens is 396 g/mol. The molecule has 0 saturated carbocycles. The fourth-order valence-corrected chi connectivity index (χ4v) is 4.47. The zero-order valence-corrected chi connectivity index (χ0v) is 16.8. The molecule has 0 aliphatic rings. The molecule has 144 valence electrons. The number of rotatable bonds is 6. The summed E-state index contributed by atoms with van der Waals surface area (Å²) in [6.07, 6.45) is 0. The second-order valence-electron chi connectivity index (χ2n) is 5.86. The van der Waals surface area contributed by atoms with Crippen molar-refractivity contribution in [2.45, 2.75) is 18.7 Å². The van der Waals surface area contributed by atoms with Crippen molar-refractivity contribution in [2.75, 3.05) is 4.72 Å². The molecule has 1 heterocycles. The second-order valence-corrected chi connectivity index (χ2v) is 8.54. The van der Waals surface area contributed by atoms with Gasteiger partial charge >= 0.3 is 0 Å². The molecule has 0 bridgehead atoms. The highest BCUT2D eigenvalue weighted by Gasteiger charge is 2.20. The number of nitrogens with one attached hydrogen (secondary N) is 2. The number of hydrogen-bond acceptors (Lipinski definition) is 6. The molecule has 3 rings (SSSR count). The smallest absolute Gasteiger partial charge is 0.266 e. The van der Waals surface area contributed by atoms with Gasteiger partial charge in [-0.05, 0) is 31.5 Å². The highest BCUT2D eigenvalue weighted by molar-refractivity contribution is 7.93. The molecule has 0 fully saturated rings. The Hall–Kier alpha value is -3.04. The summed E-state index contributed by atoms with van der Waals surface area (Å²) in [4.78, 5) is 17.0. The molecule has 0 aliphatic carbocycles. The maximum absolute atomic E-state index is 12.4. The Morgan fingerprint density at radius 3 is 2.29 bits per heavy atom. The normalized spacial score (nSPS) is 11.9. The Bertz CT molecular complexity index is 1110. The van der Waals surface area contributed by atoms with E-state index in [0.29, 0.717) is 11.4 Å². The van der Waals surface area contributed by atoms with Crippen LogP contribution in [0.2, 0.25) is 0 Å². The summed E-state index contributed by atoms with van der Waals surface area (Å²) in [5, 5.41) is 4.22. The Balaban J connectivity index is 1.74. The third kappa shape index (κ3) is 4.62. The van der Waals surface area contributed by atoms with E-state index in [1.54, 1.807) is 32.0 Å². The number of sulfonamides is 1. The van der Waals surface area contributed by atoms with Gasteiger partial charge in [-0.3, -0.25) is 9.52 Å². The lowest BCUT2D eigenvalue weighted by molar-refractivity contribution is 0.0958. The average Bonchev–Trinajstić information content (AvgIpc) is 3.06. The van der Waals surface area contributed by atoms with Gasteiger partial charge in [0.2, 0.25) is 0 Å². The fraction of sp³-hybridized carbons (Fsp3) is 0.105. The Kier molecular flexibility index (Phi) is 5.86. The Morgan fingerprint density at radius 2 is 1.64 bits per heavy atom. The summed E-state index contributed by atoms with van der Waals surface area (Å²) in [6, 6.07) is 17.4. The summed E-state index contributed by atoms with van der Waals surface area (Å²) in [7, 11) is -3.77. The van der Waals surface area contributed by atoms with Crippen LogP contribution in [0.4, 0.5) is 5.13 Å². The summed E-state index contributed by atoms with van der Waals surface area (Å²) < 4.78 is 27.2. The number of nitrogens with zero attached hydrogens (tertiary/aromatic N) is 2. The Morgan fingerprint density at radius 1 is 1.04 bits per heavy atom. The second kappa shape index (κ2) is 8.32. The number of aromatic nitrogens is 1. The number of anilines is 1. The van der Waals surface area contributed by atoms with Crippen molar-refractivity contribution in [3.8, 4) is 0 Å². The molecule has 3 aromatic rings. The van der Waals surface area contributed by atoms with Crippen molar-refractivity contribution in [2.24, 2.45) is 5.10 Å². The van der Waals surface area contributed by atoms with Crippen LogP contribution in [0.5, 0.6) is 0 Å². The first kappa shape index (κ1) is 19.7. The van der Waals surface area contributed by atoms with Crippen molar-refractivity contribution in [3.05, 3.63) is 76.8 Å². The van der Waals surface area contributed by atoms with Gasteiger partial charge in [-0.25, -0.2) is 18.8 Å². The highest BCUT2D eigenvalue weighted by atomic mass is 32.2. The minimum atomic E-state index is -3.77. The van der Waals surface area contributed by atoms with E-state index in [9.17, 15) is 13.2 Å². The number of aryl methyl sites for hydroxylation is 1. The van der Waals surface area contributed by atoms with Crippen LogP contribution < -0.4 is 10.1 Å². The molecule has 0 atom stereocenters. The zero-order valence-electron chi connectivity index (χ0n) is 15.2. The molecule has 0 spiro atoms. The van der Waals surface area contributed by atoms with E-state index in [2.05, 4.69) is 20.2 Å². The van der Waals surface area contributed by atoms with E-state index in [-0.39, 0.29) is 14.9 Å². The SMILES string of the molecule is CC(=NNC(=O)c1sc(NS(=O)(=O)c2ccccc2)nc1C)c1ccccc1. The minimum absolute atomic E-state index is 0.121. The van der Waals surface area contributed by atoms with Crippen molar-refractivity contribution in [1.82, 2.24) is 10.4 Å². The standard InChI is InChI=1S/C19H18N4O3S2/c1-13(15-9-5-3-6-10-15)21-22-18(24)17-14(2)20-19(27-17)23-28(25,26)16-11-7-4-8-12-16/h3-12H,1-2H3,(H,20,23)(H,22,24). The van der Waals surface area contributed by atoms with Crippen molar-refractivity contribution >= 4 is 38.1 Å². The third-order valence-electron chi connectivity index (χ3n) is 3.79. The number of benzene rings is 2. The molecule has 0 aliphatic heterocycles. The lowest BCUT2D eigenvalue weighted by Crippen LogP contribution is -2.19. The number of hydrogen-bond donors (Lipinski definition) is 2. The minimum Gasteiger partial charge on any atom is -0.266 e. The first-order valence-corrected chi connectivity index (χ1v) is 10.6. The van der Waals surface area contributed by atoms with Crippen LogP contribution in [0.1, 0.15) is 27.9 Å². The first-order valence-electron chi connectivity index (χ1n) is 8.32. The maximum Gasteiger partial charge on any atom is 0.283 e. The maximum atomic E-state index is 12.4. The van der Waals surface area contributed by atoms with Gasteiger partial charge in [-0.1, -0.05) is 59.9 Å². The lowest BCUT2D eigenvalue weighted by Gasteiger charge is -2.04. The zero-order chi connectivity index (χ0) is 20.1. The summed E-state index contributed by atoms with van der Waals surface area (Å²) in [5.41, 5.74) is 4.45. The lowest BCUT2D eigenvalue weighted by atomic mass is 10.1. The molecule has 0 radical (unpaired) electrons. The third-order valence-corrected chi connectivity index (χ3v) is 6.35. The predicted molar refractivity (Wildman–Crippen MR) is 110 cm³/mol. The number of thiazole rings is 1. The van der Waals surface area contributed by atoms with Gasteiger partial charge in [0, 0.05) is 0 Å². The van der Waals surface area contributed by atoms with E-state index < -0.39 is 15.9 Å². The Labute approximate surface area is 167 Å². The molecular formula is C19H18N4O3S2. The van der Waals surface area contributed by atoms with E-state index in [1.807, 2.05) is 30.3 Å². The number of carbonyl (C=O) groups excluding carboxylic acids is 1. The van der Waals surface area contributed by atoms with Gasteiger partial charge < -0.3 is 0 Å². The number of amides is 1. The van der Waals surface area contributed by atoms with E-state index in [1.165, 1.54) is 12.1 Å². The molecule has 0 saturated heterocycles. The monoisotopic (exact) mass is 414 g/mol. The van der Waals surface area contributed by atoms with Crippen LogP contribution in [0.25, 0.3) is 0 Å². The van der Waals surface area contributed by atoms with Crippen LogP contribution >= 0.6 is 11.3 Å². The largest absolute Gasteiger partial charge is 0.283 e. The molecule has 9 heteroatoms. The molecule has 2 N–H and O–H groups in total. The van der Waals surface area contributed by atoms with Gasteiger partial charge in [-0.15, -0.1) is 0 Å². The van der Waals surface area contributed by atoms with Crippen molar-refractivity contribution in [1.29, 1.82) is 0 Å². The molecule has 1 amide bonds. The van der Waals surface area contributed by atoms with Gasteiger partial charge in [0.05, 0.1) is 16.3 Å². The van der Waals surface area contributed by atoms with Crippen molar-refractivity contribution in [3.63, 3.8) is 0 Å². The number of hydrazone groups is 1. The molecule has 0 unspecified atom stereocenters. The summed E-state index contributed by atoms with van der Waals surface area (Å²) in [6.45, 7) is 3.42. The topological polar surface area (TPSA) is 101 Å². The van der Waals surface area contributed by atoms with Gasteiger partial charge in [0.15, 0.2) is 5.13 Å². The number of carbonyl (C=O) groups is 1. The van der Waals surface area contributed by atoms with Gasteiger partial charge in [0.25, 0.3) is 15.9 Å². The first-order chi connectivity index (χ1) is 13.4. The molecule has 1 aromatic heterocycles. The van der Waals surface area contributed by atoms with Gasteiger partial charge in [0.1, 0.15) is 4.88 Å². The van der Waals surface area contributed by atoms with Gasteiger partial charge in [-0.2, -0.15) is 5.10 Å². The summed E-state index contributed by atoms with van der Waals surface area (Å²) in [5.74, 6) is -0.449. The quantitative estimate of drug-likeness (QED) is 0.477. The molecule has 7 nitrogen and oxygen atoms in total. The molecule has 28 heavy (non-hydrogen) atoms. The van der Waals surface area contributed by atoms with Crippen LogP contribution in [0.15, 0.2) is 70.7 Å². The highest BCUT2D eigenvalue weighted by Crippen LogP contribution is 2.25. The molecule has 2 aromatic carbocycles. The van der Waals surface area contributed by atoms with Crippen LogP contribution in [0.3, 0.4) is 0 Å². The van der Waals surface area contributed by atoms with E-state index >= 15 is 0 Å². The average molecular weight is 415 g/mol. The van der Waals surface area contributed by atoms with E-state index in [4.69, 9.17) is 0 Å². The van der Waals surface area contributed by atoms with Crippen LogP contribution in [0, 0.1) is 6.92 Å². The van der Waals surface area contributed by atoms with E-state index in [0.717, 1.165) is 16.9 Å². The van der Waals surface area contributed by atoms with Crippen LogP contribution in [-0.4, -0.2) is 25.0 Å². The summed E-state index contributed by atoms with van der Waals surface area (Å²) >= 11 is 0.954. The fourth-order valence-electron chi connectivity index (χ4n) is 2.35.